The average molecular weight is 422 g/mol. The van der Waals surface area contributed by atoms with E-state index in [9.17, 15) is 4.79 Å². The first-order chi connectivity index (χ1) is 14.0. The van der Waals surface area contributed by atoms with Crippen LogP contribution in [0.1, 0.15) is 5.56 Å². The van der Waals surface area contributed by atoms with Gasteiger partial charge in [0.15, 0.2) is 16.6 Å². The summed E-state index contributed by atoms with van der Waals surface area (Å²) in [6.07, 6.45) is 0. The average Bonchev–Trinajstić information content (AvgIpc) is 2.69. The van der Waals surface area contributed by atoms with E-state index < -0.39 is 0 Å². The second-order valence-electron chi connectivity index (χ2n) is 7.31. The molecule has 2 aromatic rings. The van der Waals surface area contributed by atoms with Gasteiger partial charge in [-0.05, 0) is 24.4 Å². The van der Waals surface area contributed by atoms with Gasteiger partial charge in [-0.1, -0.05) is 0 Å². The summed E-state index contributed by atoms with van der Waals surface area (Å²) in [6, 6.07) is 5.63. The topological polar surface area (TPSA) is 80.3 Å². The quantitative estimate of drug-likeness (QED) is 0.401. The fourth-order valence-electron chi connectivity index (χ4n) is 3.09. The van der Waals surface area contributed by atoms with Crippen molar-refractivity contribution < 1.29 is 19.1 Å². The van der Waals surface area contributed by atoms with E-state index >= 15 is 0 Å². The van der Waals surface area contributed by atoms with Gasteiger partial charge in [-0.2, -0.15) is 0 Å². The smallest absolute Gasteiger partial charge is 0.253 e. The standard InChI is InChI=1S/C20H28N4O4S/c1-23(2)5-6-24(20(29)21-4-7-26-3)13-15-10-14-11-17-18(28-9-8-27-17)12-16(14)22-19(15)25/h10-12H,4-9,13H2,1-3H3,(H,21,29)(H,22,25)/p+1. The third-order valence-corrected chi connectivity index (χ3v) is 5.10. The molecular weight excluding hydrogens is 392 g/mol. The van der Waals surface area contributed by atoms with Crippen molar-refractivity contribution in [2.75, 3.05) is 60.7 Å². The molecule has 0 aliphatic carbocycles. The van der Waals surface area contributed by atoms with Crippen LogP contribution in [0.3, 0.4) is 0 Å². The molecule has 0 saturated carbocycles. The van der Waals surface area contributed by atoms with Crippen LogP contribution in [0.2, 0.25) is 0 Å². The summed E-state index contributed by atoms with van der Waals surface area (Å²) in [6.45, 7) is 4.28. The number of aromatic nitrogens is 1. The first kappa shape index (κ1) is 21.4. The predicted molar refractivity (Wildman–Crippen MR) is 116 cm³/mol. The van der Waals surface area contributed by atoms with Crippen molar-refractivity contribution in [3.63, 3.8) is 0 Å². The Morgan fingerprint density at radius 3 is 2.69 bits per heavy atom. The number of benzene rings is 1. The molecule has 0 unspecified atom stereocenters. The molecule has 0 saturated heterocycles. The number of hydrogen-bond acceptors (Lipinski definition) is 5. The Hall–Kier alpha value is -2.36. The zero-order valence-corrected chi connectivity index (χ0v) is 18.0. The van der Waals surface area contributed by atoms with Crippen LogP contribution < -0.4 is 25.2 Å². The number of likely N-dealkylation sites (N-methyl/N-ethyl adjacent to an activating group) is 1. The molecular formula is C20H29N4O4S+. The van der Waals surface area contributed by atoms with E-state index in [2.05, 4.69) is 24.4 Å². The number of H-pyrrole nitrogens is 1. The molecule has 0 atom stereocenters. The van der Waals surface area contributed by atoms with Gasteiger partial charge in [-0.3, -0.25) is 4.79 Å². The molecule has 158 valence electrons. The Labute approximate surface area is 175 Å². The summed E-state index contributed by atoms with van der Waals surface area (Å²) in [4.78, 5) is 19.0. The van der Waals surface area contributed by atoms with Gasteiger partial charge in [-0.15, -0.1) is 0 Å². The van der Waals surface area contributed by atoms with E-state index in [4.69, 9.17) is 26.4 Å². The van der Waals surface area contributed by atoms with E-state index in [-0.39, 0.29) is 5.56 Å². The summed E-state index contributed by atoms with van der Waals surface area (Å²) in [5.74, 6) is 1.36. The van der Waals surface area contributed by atoms with E-state index in [1.807, 2.05) is 23.1 Å². The van der Waals surface area contributed by atoms with Crippen LogP contribution in [0.5, 0.6) is 11.5 Å². The maximum atomic E-state index is 12.7. The van der Waals surface area contributed by atoms with Crippen LogP contribution in [-0.2, 0) is 11.3 Å². The largest absolute Gasteiger partial charge is 0.486 e. The number of hydrogen-bond donors (Lipinski definition) is 3. The van der Waals surface area contributed by atoms with Gasteiger partial charge in [0.25, 0.3) is 5.56 Å². The minimum absolute atomic E-state index is 0.129. The van der Waals surface area contributed by atoms with Crippen LogP contribution in [-0.4, -0.2) is 75.7 Å². The Morgan fingerprint density at radius 1 is 1.28 bits per heavy atom. The highest BCUT2D eigenvalue weighted by molar-refractivity contribution is 7.80. The van der Waals surface area contributed by atoms with Gasteiger partial charge in [0.05, 0.1) is 45.9 Å². The number of thiocarbonyl (C=S) groups is 1. The summed E-state index contributed by atoms with van der Waals surface area (Å²) in [7, 11) is 5.83. The molecule has 0 amide bonds. The Kier molecular flexibility index (Phi) is 7.29. The predicted octanol–water partition coefficient (Wildman–Crippen LogP) is -0.233. The summed E-state index contributed by atoms with van der Waals surface area (Å²) < 4.78 is 16.4. The molecule has 3 N–H and O–H groups in total. The van der Waals surface area contributed by atoms with Crippen molar-refractivity contribution in [3.05, 3.63) is 34.1 Å². The number of ether oxygens (including phenoxy) is 3. The molecule has 0 spiro atoms. The number of fused-ring (bicyclic) bond motifs is 2. The van der Waals surface area contributed by atoms with Crippen LogP contribution >= 0.6 is 12.2 Å². The van der Waals surface area contributed by atoms with Gasteiger partial charge in [0.2, 0.25) is 0 Å². The van der Waals surface area contributed by atoms with Crippen LogP contribution in [0.4, 0.5) is 0 Å². The zero-order valence-electron chi connectivity index (χ0n) is 17.2. The number of nitrogens with zero attached hydrogens (tertiary/aromatic N) is 1. The highest BCUT2D eigenvalue weighted by atomic mass is 32.1. The van der Waals surface area contributed by atoms with E-state index in [0.29, 0.717) is 55.1 Å². The normalized spacial score (nSPS) is 13.0. The monoisotopic (exact) mass is 421 g/mol. The molecule has 1 aromatic carbocycles. The Morgan fingerprint density at radius 2 is 2.00 bits per heavy atom. The van der Waals surface area contributed by atoms with Crippen molar-refractivity contribution in [2.45, 2.75) is 6.54 Å². The fraction of sp³-hybridized carbons (Fsp3) is 0.500. The number of nitrogens with one attached hydrogen (secondary N) is 3. The van der Waals surface area contributed by atoms with Crippen LogP contribution in [0.25, 0.3) is 10.9 Å². The van der Waals surface area contributed by atoms with Crippen molar-refractivity contribution in [2.24, 2.45) is 0 Å². The molecule has 29 heavy (non-hydrogen) atoms. The van der Waals surface area contributed by atoms with E-state index in [0.717, 1.165) is 24.0 Å². The highest BCUT2D eigenvalue weighted by Crippen LogP contribution is 2.33. The van der Waals surface area contributed by atoms with Crippen LogP contribution in [0, 0.1) is 0 Å². The lowest BCUT2D eigenvalue weighted by Gasteiger charge is -2.26. The molecule has 1 aliphatic rings. The second kappa shape index (κ2) is 9.91. The van der Waals surface area contributed by atoms with Gasteiger partial charge in [-0.25, -0.2) is 0 Å². The minimum Gasteiger partial charge on any atom is -0.486 e. The first-order valence-corrected chi connectivity index (χ1v) is 10.1. The molecule has 8 nitrogen and oxygen atoms in total. The molecule has 0 bridgehead atoms. The van der Waals surface area contributed by atoms with Crippen molar-refractivity contribution in [1.29, 1.82) is 0 Å². The Balaban J connectivity index is 1.84. The molecule has 1 aromatic heterocycles. The Bertz CT molecular complexity index is 915. The number of aromatic amines is 1. The third kappa shape index (κ3) is 5.59. The maximum Gasteiger partial charge on any atom is 0.253 e. The number of rotatable bonds is 8. The third-order valence-electron chi connectivity index (χ3n) is 4.70. The fourth-order valence-corrected chi connectivity index (χ4v) is 3.35. The first-order valence-electron chi connectivity index (χ1n) is 9.74. The van der Waals surface area contributed by atoms with Gasteiger partial charge >= 0.3 is 0 Å². The lowest BCUT2D eigenvalue weighted by molar-refractivity contribution is -0.857. The molecule has 1 aliphatic heterocycles. The van der Waals surface area contributed by atoms with Gasteiger partial charge in [0, 0.05) is 30.7 Å². The van der Waals surface area contributed by atoms with Gasteiger partial charge in [0.1, 0.15) is 13.2 Å². The summed E-state index contributed by atoms with van der Waals surface area (Å²) in [5.41, 5.74) is 1.25. The summed E-state index contributed by atoms with van der Waals surface area (Å²) in [5, 5.41) is 4.72. The minimum atomic E-state index is -0.129. The van der Waals surface area contributed by atoms with Crippen molar-refractivity contribution >= 4 is 28.2 Å². The number of pyridine rings is 1. The molecule has 2 heterocycles. The number of quaternary nitrogens is 1. The summed E-state index contributed by atoms with van der Waals surface area (Å²) >= 11 is 5.56. The van der Waals surface area contributed by atoms with Crippen molar-refractivity contribution in [1.82, 2.24) is 15.2 Å². The van der Waals surface area contributed by atoms with Crippen molar-refractivity contribution in [3.8, 4) is 11.5 Å². The molecule has 0 fully saturated rings. The molecule has 3 rings (SSSR count). The maximum absolute atomic E-state index is 12.7. The lowest BCUT2D eigenvalue weighted by atomic mass is 10.1. The highest BCUT2D eigenvalue weighted by Gasteiger charge is 2.17. The zero-order chi connectivity index (χ0) is 20.8. The number of methoxy groups -OCH3 is 1. The molecule has 9 heteroatoms. The van der Waals surface area contributed by atoms with Crippen LogP contribution in [0.15, 0.2) is 23.0 Å². The van der Waals surface area contributed by atoms with E-state index in [1.54, 1.807) is 7.11 Å². The molecule has 0 radical (unpaired) electrons. The van der Waals surface area contributed by atoms with Gasteiger partial charge < -0.3 is 34.3 Å². The van der Waals surface area contributed by atoms with E-state index in [1.165, 1.54) is 4.90 Å². The SMILES string of the molecule is COCCNC(=S)N(CC[NH+](C)C)Cc1cc2cc3c(cc2[nH]c1=O)OCCO3. The second-order valence-corrected chi connectivity index (χ2v) is 7.70. The lowest BCUT2D eigenvalue weighted by Crippen LogP contribution is -3.06.